The number of hydrogen-bond donors (Lipinski definition) is 2. The van der Waals surface area contributed by atoms with Crippen molar-refractivity contribution in [2.75, 3.05) is 35.8 Å². The highest BCUT2D eigenvalue weighted by Crippen LogP contribution is 2.26. The molecule has 2 heterocycles. The molecule has 1 aliphatic heterocycles. The first-order valence-electron chi connectivity index (χ1n) is 6.38. The minimum atomic E-state index is -2.99. The number of nitrogens with one attached hydrogen (secondary N) is 2. The zero-order chi connectivity index (χ0) is 14.8. The number of hydrogen-bond acceptors (Lipinski definition) is 8. The van der Waals surface area contributed by atoms with Gasteiger partial charge in [0, 0.05) is 6.54 Å². The lowest BCUT2D eigenvalue weighted by Gasteiger charge is -2.23. The average Bonchev–Trinajstić information content (AvgIpc) is 2.63. The molecule has 0 aromatic carbocycles. The molecule has 1 aromatic rings. The lowest BCUT2D eigenvalue weighted by Crippen LogP contribution is -2.36. The molecule has 0 spiro atoms. The van der Waals surface area contributed by atoms with Gasteiger partial charge in [-0.1, -0.05) is 0 Å². The molecule has 1 unspecified atom stereocenters. The largest absolute Gasteiger partial charge is 0.467 e. The number of sulfone groups is 1. The lowest BCUT2D eigenvalue weighted by molar-refractivity contribution is 0.379. The normalized spacial score (nSPS) is 24.4. The van der Waals surface area contributed by atoms with Crippen LogP contribution < -0.4 is 15.4 Å². The van der Waals surface area contributed by atoms with Gasteiger partial charge in [0.15, 0.2) is 9.84 Å². The van der Waals surface area contributed by atoms with Gasteiger partial charge in [-0.15, -0.1) is 0 Å². The number of methoxy groups -OCH3 is 1. The Hall–Kier alpha value is -1.64. The van der Waals surface area contributed by atoms with Crippen LogP contribution in [0.5, 0.6) is 6.01 Å². The van der Waals surface area contributed by atoms with Gasteiger partial charge in [0.1, 0.15) is 0 Å². The number of nitrogens with zero attached hydrogens (tertiary/aromatic N) is 3. The van der Waals surface area contributed by atoms with Crippen molar-refractivity contribution in [3.63, 3.8) is 0 Å². The van der Waals surface area contributed by atoms with E-state index in [1.165, 1.54) is 7.11 Å². The molecular formula is C11H19N5O3S. The molecule has 1 saturated heterocycles. The van der Waals surface area contributed by atoms with Gasteiger partial charge < -0.3 is 15.4 Å². The van der Waals surface area contributed by atoms with Crippen molar-refractivity contribution in [1.82, 2.24) is 15.0 Å². The van der Waals surface area contributed by atoms with Gasteiger partial charge in [-0.2, -0.15) is 15.0 Å². The van der Waals surface area contributed by atoms with Crippen LogP contribution in [-0.4, -0.2) is 54.1 Å². The molecule has 0 amide bonds. The maximum absolute atomic E-state index is 11.6. The molecule has 1 atom stereocenters. The monoisotopic (exact) mass is 301 g/mol. The molecular weight excluding hydrogens is 282 g/mol. The fourth-order valence-corrected chi connectivity index (χ4v) is 4.21. The molecule has 1 aromatic heterocycles. The summed E-state index contributed by atoms with van der Waals surface area (Å²) >= 11 is 0. The van der Waals surface area contributed by atoms with Crippen LogP contribution in [0.2, 0.25) is 0 Å². The Balaban J connectivity index is 2.22. The summed E-state index contributed by atoms with van der Waals surface area (Å²) in [7, 11) is -1.52. The van der Waals surface area contributed by atoms with Gasteiger partial charge in [0.05, 0.1) is 24.2 Å². The second kappa shape index (κ2) is 5.39. The van der Waals surface area contributed by atoms with Crippen molar-refractivity contribution in [2.24, 2.45) is 0 Å². The standard InChI is InChI=1S/C11H19N5O3S/c1-4-12-8-13-9(15-10(14-8)19-3)16-11(2)5-6-20(17,18)7-11/h4-7H2,1-3H3,(H2,12,13,14,15,16). The second-order valence-corrected chi connectivity index (χ2v) is 7.21. The summed E-state index contributed by atoms with van der Waals surface area (Å²) in [6.07, 6.45) is 0.528. The fourth-order valence-electron chi connectivity index (χ4n) is 2.12. The van der Waals surface area contributed by atoms with E-state index in [9.17, 15) is 8.42 Å². The van der Waals surface area contributed by atoms with E-state index in [0.29, 0.717) is 24.9 Å². The van der Waals surface area contributed by atoms with E-state index in [1.807, 2.05) is 13.8 Å². The van der Waals surface area contributed by atoms with Crippen LogP contribution in [0.1, 0.15) is 20.3 Å². The Labute approximate surface area is 118 Å². The van der Waals surface area contributed by atoms with Crippen molar-refractivity contribution in [2.45, 2.75) is 25.8 Å². The third-order valence-corrected chi connectivity index (χ3v) is 4.95. The molecule has 1 aliphatic rings. The summed E-state index contributed by atoms with van der Waals surface area (Å²) in [5.74, 6) is 0.960. The van der Waals surface area contributed by atoms with Crippen LogP contribution in [0.4, 0.5) is 11.9 Å². The van der Waals surface area contributed by atoms with Crippen LogP contribution >= 0.6 is 0 Å². The maximum atomic E-state index is 11.6. The Kier molecular flexibility index (Phi) is 3.98. The van der Waals surface area contributed by atoms with E-state index in [-0.39, 0.29) is 17.5 Å². The fraction of sp³-hybridized carbons (Fsp3) is 0.727. The van der Waals surface area contributed by atoms with Gasteiger partial charge in [0.2, 0.25) is 11.9 Å². The highest BCUT2D eigenvalue weighted by Gasteiger charge is 2.39. The van der Waals surface area contributed by atoms with Crippen LogP contribution in [0.3, 0.4) is 0 Å². The summed E-state index contributed by atoms with van der Waals surface area (Å²) in [5.41, 5.74) is -0.561. The van der Waals surface area contributed by atoms with Crippen molar-refractivity contribution in [1.29, 1.82) is 0 Å². The van der Waals surface area contributed by atoms with Gasteiger partial charge in [-0.25, -0.2) is 8.42 Å². The van der Waals surface area contributed by atoms with E-state index in [0.717, 1.165) is 0 Å². The highest BCUT2D eigenvalue weighted by atomic mass is 32.2. The van der Waals surface area contributed by atoms with E-state index in [4.69, 9.17) is 4.74 Å². The van der Waals surface area contributed by atoms with E-state index in [1.54, 1.807) is 0 Å². The molecule has 0 radical (unpaired) electrons. The number of anilines is 2. The Morgan fingerprint density at radius 2 is 2.00 bits per heavy atom. The zero-order valence-electron chi connectivity index (χ0n) is 11.8. The SMILES string of the molecule is CCNc1nc(NC2(C)CCS(=O)(=O)C2)nc(OC)n1. The molecule has 9 heteroatoms. The Morgan fingerprint density at radius 3 is 2.55 bits per heavy atom. The van der Waals surface area contributed by atoms with Crippen molar-refractivity contribution in [3.05, 3.63) is 0 Å². The second-order valence-electron chi connectivity index (χ2n) is 5.03. The van der Waals surface area contributed by atoms with Crippen LogP contribution in [0.25, 0.3) is 0 Å². The summed E-state index contributed by atoms with van der Waals surface area (Å²) in [6, 6.07) is 0.183. The summed E-state index contributed by atoms with van der Waals surface area (Å²) in [6.45, 7) is 4.44. The van der Waals surface area contributed by atoms with E-state index < -0.39 is 15.4 Å². The molecule has 8 nitrogen and oxygen atoms in total. The van der Waals surface area contributed by atoms with Gasteiger partial charge >= 0.3 is 6.01 Å². The Bertz CT molecular complexity index is 592. The maximum Gasteiger partial charge on any atom is 0.322 e. The van der Waals surface area contributed by atoms with Crippen LogP contribution in [-0.2, 0) is 9.84 Å². The number of aromatic nitrogens is 3. The molecule has 0 saturated carbocycles. The van der Waals surface area contributed by atoms with Crippen molar-refractivity contribution >= 4 is 21.7 Å². The predicted molar refractivity (Wildman–Crippen MR) is 75.8 cm³/mol. The molecule has 2 rings (SSSR count). The topological polar surface area (TPSA) is 106 Å². The van der Waals surface area contributed by atoms with Gasteiger partial charge in [-0.3, -0.25) is 0 Å². The number of ether oxygens (including phenoxy) is 1. The third kappa shape index (κ3) is 3.47. The quantitative estimate of drug-likeness (QED) is 0.800. The van der Waals surface area contributed by atoms with Crippen LogP contribution in [0, 0.1) is 0 Å². The van der Waals surface area contributed by atoms with E-state index >= 15 is 0 Å². The zero-order valence-corrected chi connectivity index (χ0v) is 12.6. The summed E-state index contributed by atoms with van der Waals surface area (Å²) in [5, 5.41) is 6.06. The van der Waals surface area contributed by atoms with Crippen LogP contribution in [0.15, 0.2) is 0 Å². The smallest absolute Gasteiger partial charge is 0.322 e. The third-order valence-electron chi connectivity index (χ3n) is 3.05. The average molecular weight is 301 g/mol. The first-order chi connectivity index (χ1) is 9.36. The molecule has 2 N–H and O–H groups in total. The molecule has 0 aliphatic carbocycles. The minimum absolute atomic E-state index is 0.0739. The van der Waals surface area contributed by atoms with Gasteiger partial charge in [-0.05, 0) is 20.3 Å². The number of rotatable bonds is 5. The minimum Gasteiger partial charge on any atom is -0.467 e. The summed E-state index contributed by atoms with van der Waals surface area (Å²) in [4.78, 5) is 12.4. The molecule has 1 fully saturated rings. The van der Waals surface area contributed by atoms with Crippen molar-refractivity contribution in [3.8, 4) is 6.01 Å². The van der Waals surface area contributed by atoms with E-state index in [2.05, 4.69) is 25.6 Å². The first-order valence-corrected chi connectivity index (χ1v) is 8.20. The molecule has 0 bridgehead atoms. The first kappa shape index (κ1) is 14.8. The molecule has 20 heavy (non-hydrogen) atoms. The lowest BCUT2D eigenvalue weighted by atomic mass is 10.0. The highest BCUT2D eigenvalue weighted by molar-refractivity contribution is 7.91. The van der Waals surface area contributed by atoms with Gasteiger partial charge in [0.25, 0.3) is 0 Å². The van der Waals surface area contributed by atoms with Crippen molar-refractivity contribution < 1.29 is 13.2 Å². The molecule has 112 valence electrons. The summed E-state index contributed by atoms with van der Waals surface area (Å²) < 4.78 is 28.2. The predicted octanol–water partition coefficient (Wildman–Crippen LogP) is 0.301. The Morgan fingerprint density at radius 1 is 1.30 bits per heavy atom.